The van der Waals surface area contributed by atoms with Crippen molar-refractivity contribution in [2.45, 2.75) is 76.9 Å². The van der Waals surface area contributed by atoms with Crippen LogP contribution in [0.3, 0.4) is 0 Å². The molecule has 18 nitrogen and oxygen atoms in total. The molecule has 0 saturated carbocycles. The number of halogens is 6. The first-order valence-corrected chi connectivity index (χ1v) is 26.6. The van der Waals surface area contributed by atoms with Gasteiger partial charge in [0.25, 0.3) is 12.7 Å². The van der Waals surface area contributed by atoms with Crippen LogP contribution in [0.4, 0.5) is 49.1 Å². The van der Waals surface area contributed by atoms with Gasteiger partial charge in [-0.05, 0) is 165 Å². The maximum atomic E-state index is 13.0. The van der Waals surface area contributed by atoms with Gasteiger partial charge in [-0.3, -0.25) is 0 Å². The number of carbonyl (C=O) groups is 6. The fourth-order valence-corrected chi connectivity index (χ4v) is 7.30. The van der Waals surface area contributed by atoms with Crippen molar-refractivity contribution >= 4 is 70.7 Å². The Morgan fingerprint density at radius 1 is 0.349 bits per heavy atom. The number of nitrogen functional groups attached to an aromatic ring is 4. The lowest BCUT2D eigenvalue weighted by Gasteiger charge is -2.10. The Bertz CT molecular complexity index is 3180. The molecule has 0 saturated heterocycles. The van der Waals surface area contributed by atoms with Crippen molar-refractivity contribution in [1.29, 1.82) is 0 Å². The highest BCUT2D eigenvalue weighted by molar-refractivity contribution is 5.94. The van der Waals surface area contributed by atoms with E-state index < -0.39 is 61.4 Å². The lowest BCUT2D eigenvalue weighted by molar-refractivity contribution is -0.138. The van der Waals surface area contributed by atoms with Crippen molar-refractivity contribution < 1.29 is 93.0 Å². The molecular formula is C62H62F6N4O14. The van der Waals surface area contributed by atoms with Gasteiger partial charge in [0.05, 0.1) is 48.7 Å². The first-order valence-electron chi connectivity index (χ1n) is 26.6. The van der Waals surface area contributed by atoms with Gasteiger partial charge in [0, 0.05) is 34.9 Å². The predicted octanol–water partition coefficient (Wildman–Crippen LogP) is 12.0. The van der Waals surface area contributed by atoms with E-state index in [1.807, 2.05) is 0 Å². The van der Waals surface area contributed by atoms with Crippen molar-refractivity contribution in [3.8, 4) is 23.0 Å². The first-order chi connectivity index (χ1) is 41.2. The molecule has 456 valence electrons. The number of alkyl halides is 6. The SMILES string of the molecule is Nc1cc(N)cc(C(=O)OCCCCCCCOC(=O)C=Cc2ccc(OC(=O)c3ccc(OC(F)C(F)F)cc3)cc2)c1.Nc1cc(N)cc(C(=O)OCCCCCOC(=O)C=Cc2ccc(OC(=O)c3ccc(OC(F)C(F)F)cc3)cc2)c1. The van der Waals surface area contributed by atoms with Crippen LogP contribution in [0.5, 0.6) is 23.0 Å². The molecule has 0 radical (unpaired) electrons. The van der Waals surface area contributed by atoms with Crippen LogP contribution in [0, 0.1) is 0 Å². The number of esters is 6. The summed E-state index contributed by atoms with van der Waals surface area (Å²) in [6.45, 7) is 0.970. The lowest BCUT2D eigenvalue weighted by Crippen LogP contribution is -2.19. The number of rotatable bonds is 30. The number of anilines is 4. The summed E-state index contributed by atoms with van der Waals surface area (Å²) in [6.07, 6.45) is -0.583. The lowest BCUT2D eigenvalue weighted by atomic mass is 10.1. The Morgan fingerprint density at radius 2 is 0.640 bits per heavy atom. The summed E-state index contributed by atoms with van der Waals surface area (Å²) in [5, 5.41) is 0. The summed E-state index contributed by atoms with van der Waals surface area (Å²) in [5.74, 6) is -3.28. The Kier molecular flexibility index (Phi) is 27.3. The Balaban J connectivity index is 0.000000314. The third-order valence-corrected chi connectivity index (χ3v) is 11.5. The van der Waals surface area contributed by atoms with Crippen LogP contribution in [0.15, 0.2) is 146 Å². The van der Waals surface area contributed by atoms with Crippen LogP contribution in [-0.2, 0) is 28.5 Å². The van der Waals surface area contributed by atoms with Gasteiger partial charge in [0.15, 0.2) is 0 Å². The highest BCUT2D eigenvalue weighted by Gasteiger charge is 2.22. The van der Waals surface area contributed by atoms with Gasteiger partial charge >= 0.3 is 48.7 Å². The summed E-state index contributed by atoms with van der Waals surface area (Å²) in [5.41, 5.74) is 26.4. The van der Waals surface area contributed by atoms with Crippen molar-refractivity contribution in [3.63, 3.8) is 0 Å². The van der Waals surface area contributed by atoms with Gasteiger partial charge < -0.3 is 60.8 Å². The van der Waals surface area contributed by atoms with E-state index in [0.29, 0.717) is 71.5 Å². The summed E-state index contributed by atoms with van der Waals surface area (Å²) in [6, 6.07) is 31.5. The van der Waals surface area contributed by atoms with Crippen LogP contribution < -0.4 is 41.9 Å². The number of carbonyl (C=O) groups excluding carboxylic acids is 6. The maximum Gasteiger partial charge on any atom is 0.343 e. The van der Waals surface area contributed by atoms with Crippen molar-refractivity contribution in [1.82, 2.24) is 0 Å². The Morgan fingerprint density at radius 3 is 0.965 bits per heavy atom. The summed E-state index contributed by atoms with van der Waals surface area (Å²) in [4.78, 5) is 72.6. The van der Waals surface area contributed by atoms with E-state index in [1.54, 1.807) is 42.5 Å². The molecule has 6 rings (SSSR count). The second-order valence-corrected chi connectivity index (χ2v) is 18.5. The van der Waals surface area contributed by atoms with E-state index in [4.69, 9.17) is 51.4 Å². The largest absolute Gasteiger partial charge is 0.463 e. The number of nitrogens with two attached hydrogens (primary N) is 4. The summed E-state index contributed by atoms with van der Waals surface area (Å²) < 4.78 is 115. The van der Waals surface area contributed by atoms with Gasteiger partial charge in [-0.1, -0.05) is 43.5 Å². The highest BCUT2D eigenvalue weighted by Crippen LogP contribution is 2.23. The molecule has 8 N–H and O–H groups in total. The van der Waals surface area contributed by atoms with Gasteiger partial charge in [-0.2, -0.15) is 8.78 Å². The van der Waals surface area contributed by atoms with Crippen LogP contribution >= 0.6 is 0 Å². The summed E-state index contributed by atoms with van der Waals surface area (Å²) in [7, 11) is 0. The Labute approximate surface area is 490 Å². The molecule has 6 aromatic carbocycles. The average Bonchev–Trinajstić information content (AvgIpc) is 3.53. The minimum absolute atomic E-state index is 0.103. The van der Waals surface area contributed by atoms with Gasteiger partial charge in [0.1, 0.15) is 23.0 Å². The molecule has 2 unspecified atom stereocenters. The van der Waals surface area contributed by atoms with Gasteiger partial charge in [-0.25, -0.2) is 46.3 Å². The van der Waals surface area contributed by atoms with E-state index in [1.165, 1.54) is 115 Å². The van der Waals surface area contributed by atoms with Crippen LogP contribution in [-0.4, -0.2) is 87.8 Å². The molecule has 0 spiro atoms. The predicted molar refractivity (Wildman–Crippen MR) is 307 cm³/mol. The molecule has 0 heterocycles. The second kappa shape index (κ2) is 35.2. The highest BCUT2D eigenvalue weighted by atomic mass is 19.3. The van der Waals surface area contributed by atoms with Crippen LogP contribution in [0.25, 0.3) is 12.2 Å². The molecular weight excluding hydrogens is 1140 g/mol. The van der Waals surface area contributed by atoms with Crippen molar-refractivity contribution in [2.75, 3.05) is 49.4 Å². The molecule has 24 heteroatoms. The van der Waals surface area contributed by atoms with Gasteiger partial charge in [-0.15, -0.1) is 0 Å². The minimum atomic E-state index is -3.29. The van der Waals surface area contributed by atoms with Crippen LogP contribution in [0.2, 0.25) is 0 Å². The summed E-state index contributed by atoms with van der Waals surface area (Å²) >= 11 is 0. The zero-order chi connectivity index (χ0) is 62.4. The normalized spacial score (nSPS) is 11.7. The molecule has 0 fully saturated rings. The molecule has 6 aromatic rings. The standard InChI is InChI=1S/C32H33F3N2O7.C30H29F3N2O7/c33-29(34)30(35)43-26-13-9-22(10-14-26)32(40)44-27-11-6-21(7-12-27)8-15-28(38)41-16-4-2-1-3-5-17-42-31(39)23-18-24(36)20-25(37)19-23;31-27(32)28(33)41-24-11-7-20(8-12-24)30(38)42-25-9-4-19(5-10-25)6-13-26(36)39-14-2-1-3-15-40-29(37)21-16-22(34)18-23(35)17-21/h6-15,18-20,29-30H,1-5,16-17,36-37H2;4-13,16-18,27-28H,1-3,14-15,34-35H2. The molecule has 0 amide bonds. The van der Waals surface area contributed by atoms with E-state index in [2.05, 4.69) is 9.47 Å². The fraction of sp³-hybridized carbons (Fsp3) is 0.258. The molecule has 2 atom stereocenters. The zero-order valence-electron chi connectivity index (χ0n) is 46.1. The number of benzene rings is 6. The Hall–Kier alpha value is -10.0. The third-order valence-electron chi connectivity index (χ3n) is 11.5. The van der Waals surface area contributed by atoms with Gasteiger partial charge in [0.2, 0.25) is 0 Å². The van der Waals surface area contributed by atoms with Crippen molar-refractivity contribution in [2.24, 2.45) is 0 Å². The molecule has 0 bridgehead atoms. The number of unbranched alkanes of at least 4 members (excludes halogenated alkanes) is 6. The zero-order valence-corrected chi connectivity index (χ0v) is 46.1. The topological polar surface area (TPSA) is 280 Å². The monoisotopic (exact) mass is 1200 g/mol. The molecule has 0 aliphatic heterocycles. The number of hydrogen-bond acceptors (Lipinski definition) is 18. The first kappa shape index (κ1) is 66.8. The molecule has 0 aromatic heterocycles. The third kappa shape index (κ3) is 24.8. The van der Waals surface area contributed by atoms with E-state index >= 15 is 0 Å². The maximum absolute atomic E-state index is 13.0. The molecule has 0 aliphatic carbocycles. The molecule has 86 heavy (non-hydrogen) atoms. The average molecular weight is 1200 g/mol. The minimum Gasteiger partial charge on any atom is -0.463 e. The number of hydrogen-bond donors (Lipinski definition) is 4. The molecule has 0 aliphatic rings. The van der Waals surface area contributed by atoms with E-state index in [9.17, 15) is 55.1 Å². The number of ether oxygens (including phenoxy) is 8. The van der Waals surface area contributed by atoms with Crippen LogP contribution in [0.1, 0.15) is 104 Å². The van der Waals surface area contributed by atoms with E-state index in [0.717, 1.165) is 19.3 Å². The van der Waals surface area contributed by atoms with E-state index in [-0.39, 0.29) is 66.1 Å². The smallest absolute Gasteiger partial charge is 0.343 e. The second-order valence-electron chi connectivity index (χ2n) is 18.5. The quantitative estimate of drug-likeness (QED) is 0.00620. The van der Waals surface area contributed by atoms with Crippen molar-refractivity contribution in [3.05, 3.63) is 179 Å². The fourth-order valence-electron chi connectivity index (χ4n) is 7.30.